The summed E-state index contributed by atoms with van der Waals surface area (Å²) in [4.78, 5) is 4.84. The molecule has 0 unspecified atom stereocenters. The Hall–Kier alpha value is -7.56. The number of anilines is 6. The van der Waals surface area contributed by atoms with Crippen LogP contribution in [0.15, 0.2) is 179 Å². The summed E-state index contributed by atoms with van der Waals surface area (Å²) >= 11 is 0. The van der Waals surface area contributed by atoms with E-state index in [1.807, 2.05) is 0 Å². The average molecular weight is 885 g/mol. The molecule has 2 heterocycles. The van der Waals surface area contributed by atoms with E-state index >= 15 is 0 Å². The van der Waals surface area contributed by atoms with Crippen LogP contribution in [-0.2, 0) is 12.8 Å². The molecule has 0 aliphatic heterocycles. The number of aryl methyl sites for hydroxylation is 2. The summed E-state index contributed by atoms with van der Waals surface area (Å²) in [6.07, 6.45) is 1.84. The van der Waals surface area contributed by atoms with Crippen molar-refractivity contribution in [3.63, 3.8) is 0 Å². The molecule has 0 N–H and O–H groups in total. The van der Waals surface area contributed by atoms with Crippen molar-refractivity contribution in [3.05, 3.63) is 192 Å². The molecule has 10 aromatic carbocycles. The predicted octanol–water partition coefficient (Wildman–Crippen LogP) is 19.1. The Morgan fingerprint density at radius 2 is 0.721 bits per heavy atom. The molecule has 2 aromatic heterocycles. The summed E-state index contributed by atoms with van der Waals surface area (Å²) < 4.78 is 14.2. The fraction of sp³-hybridized carbons (Fsp3) is 0.188. The van der Waals surface area contributed by atoms with E-state index in [4.69, 9.17) is 8.83 Å². The zero-order valence-corrected chi connectivity index (χ0v) is 40.3. The monoisotopic (exact) mass is 884 g/mol. The van der Waals surface area contributed by atoms with Crippen LogP contribution in [0, 0.1) is 24.7 Å². The minimum absolute atomic E-state index is 0.110. The zero-order chi connectivity index (χ0) is 46.6. The minimum atomic E-state index is 0.110. The highest BCUT2D eigenvalue weighted by atomic mass is 16.3. The van der Waals surface area contributed by atoms with Crippen LogP contribution in [0.4, 0.5) is 34.1 Å². The Morgan fingerprint density at radius 1 is 0.353 bits per heavy atom. The number of nitrogens with zero attached hydrogens (tertiary/aromatic N) is 2. The van der Waals surface area contributed by atoms with Crippen molar-refractivity contribution in [1.29, 1.82) is 0 Å². The van der Waals surface area contributed by atoms with Gasteiger partial charge in [-0.3, -0.25) is 0 Å². The summed E-state index contributed by atoms with van der Waals surface area (Å²) in [7, 11) is 0. The number of fused-ring (bicyclic) bond motifs is 6. The second kappa shape index (κ2) is 15.5. The van der Waals surface area contributed by atoms with Gasteiger partial charge >= 0.3 is 0 Å². The molecule has 0 fully saturated rings. The second-order valence-corrected chi connectivity index (χ2v) is 21.5. The molecule has 334 valence electrons. The maximum Gasteiger partial charge on any atom is 0.159 e. The second-order valence-electron chi connectivity index (χ2n) is 21.5. The van der Waals surface area contributed by atoms with Crippen molar-refractivity contribution < 1.29 is 8.83 Å². The highest BCUT2D eigenvalue weighted by Crippen LogP contribution is 2.51. The number of rotatable bonds is 8. The molecule has 0 saturated carbocycles. The molecule has 0 spiro atoms. The Balaban J connectivity index is 1.10. The lowest BCUT2D eigenvalue weighted by Gasteiger charge is -2.29. The molecular formula is C64H56N2O2. The van der Waals surface area contributed by atoms with Gasteiger partial charge in [0, 0.05) is 43.7 Å². The van der Waals surface area contributed by atoms with Crippen LogP contribution >= 0.6 is 0 Å². The number of para-hydroxylation sites is 4. The number of benzene rings is 10. The lowest BCUT2D eigenvalue weighted by molar-refractivity contribution is 0.410. The van der Waals surface area contributed by atoms with E-state index in [1.165, 1.54) is 54.6 Å². The van der Waals surface area contributed by atoms with Gasteiger partial charge in [-0.1, -0.05) is 163 Å². The molecule has 12 rings (SSSR count). The van der Waals surface area contributed by atoms with Crippen LogP contribution < -0.4 is 9.80 Å². The Labute approximate surface area is 398 Å². The van der Waals surface area contributed by atoms with E-state index in [0.29, 0.717) is 0 Å². The van der Waals surface area contributed by atoms with Crippen LogP contribution in [0.5, 0.6) is 0 Å². The van der Waals surface area contributed by atoms with E-state index < -0.39 is 0 Å². The van der Waals surface area contributed by atoms with Gasteiger partial charge in [0.15, 0.2) is 11.2 Å². The lowest BCUT2D eigenvalue weighted by atomic mass is 9.87. The Bertz CT molecular complexity index is 3670. The van der Waals surface area contributed by atoms with Crippen LogP contribution in [0.1, 0.15) is 63.8 Å². The van der Waals surface area contributed by atoms with Gasteiger partial charge in [0.2, 0.25) is 0 Å². The Kier molecular flexibility index (Phi) is 9.54. The number of hydrogen-bond donors (Lipinski definition) is 0. The largest absolute Gasteiger partial charge is 0.454 e. The van der Waals surface area contributed by atoms with E-state index in [-0.39, 0.29) is 10.8 Å². The van der Waals surface area contributed by atoms with Gasteiger partial charge < -0.3 is 18.6 Å². The van der Waals surface area contributed by atoms with Gasteiger partial charge in [0.1, 0.15) is 11.2 Å². The van der Waals surface area contributed by atoms with E-state index in [9.17, 15) is 0 Å². The number of furan rings is 2. The van der Waals surface area contributed by atoms with Crippen LogP contribution in [0.25, 0.3) is 76.2 Å². The molecule has 0 radical (unpaired) electrons. The van der Waals surface area contributed by atoms with Crippen LogP contribution in [0.3, 0.4) is 0 Å². The minimum Gasteiger partial charge on any atom is -0.454 e. The molecule has 12 aromatic rings. The molecule has 4 heteroatoms. The fourth-order valence-corrected chi connectivity index (χ4v) is 11.0. The quantitative estimate of drug-likeness (QED) is 0.142. The third-order valence-corrected chi connectivity index (χ3v) is 13.7. The molecule has 0 atom stereocenters. The average Bonchev–Trinajstić information content (AvgIpc) is 3.89. The van der Waals surface area contributed by atoms with E-state index in [2.05, 4.69) is 235 Å². The smallest absolute Gasteiger partial charge is 0.159 e. The third kappa shape index (κ3) is 6.96. The maximum absolute atomic E-state index is 7.10. The van der Waals surface area contributed by atoms with E-state index in [1.54, 1.807) is 0 Å². The lowest BCUT2D eigenvalue weighted by Crippen LogP contribution is -2.12. The highest BCUT2D eigenvalue weighted by Gasteiger charge is 2.27. The first-order chi connectivity index (χ1) is 32.8. The van der Waals surface area contributed by atoms with Crippen molar-refractivity contribution in [2.45, 2.75) is 68.2 Å². The fourth-order valence-electron chi connectivity index (χ4n) is 11.0. The summed E-state index contributed by atoms with van der Waals surface area (Å²) in [6.45, 7) is 18.1. The molecule has 0 saturated heterocycles. The molecule has 0 bridgehead atoms. The van der Waals surface area contributed by atoms with Crippen molar-refractivity contribution in [2.24, 2.45) is 10.8 Å². The summed E-state index contributed by atoms with van der Waals surface area (Å²) in [5.41, 5.74) is 15.2. The molecular weight excluding hydrogens is 829 g/mol. The van der Waals surface area contributed by atoms with E-state index in [0.717, 1.165) is 90.8 Å². The van der Waals surface area contributed by atoms with Crippen molar-refractivity contribution >= 4 is 110 Å². The van der Waals surface area contributed by atoms with Crippen molar-refractivity contribution in [2.75, 3.05) is 9.80 Å². The van der Waals surface area contributed by atoms with Crippen LogP contribution in [0.2, 0.25) is 0 Å². The normalized spacial score (nSPS) is 12.5. The van der Waals surface area contributed by atoms with Crippen molar-refractivity contribution in [3.8, 4) is 0 Å². The van der Waals surface area contributed by atoms with Crippen molar-refractivity contribution in [1.82, 2.24) is 0 Å². The van der Waals surface area contributed by atoms with Gasteiger partial charge in [-0.2, -0.15) is 0 Å². The number of hydrogen-bond acceptors (Lipinski definition) is 4. The first-order valence-corrected chi connectivity index (χ1v) is 24.1. The van der Waals surface area contributed by atoms with Gasteiger partial charge in [-0.15, -0.1) is 0 Å². The van der Waals surface area contributed by atoms with Gasteiger partial charge in [0.25, 0.3) is 0 Å². The SMILES string of the molecule is Cc1cccc(N(c2ccc3ccc4c(N(c5cccc(C)c5)c5cccc6c5oc5c(CC(C)(C)C)cccc56)ccc5ccc2c3c54)c2cccc3c2oc2c(CC(C)(C)C)cccc23)c1. The standard InChI is InChI=1S/C64H56N2O2/c1-39-15-9-19-45(35-39)65(55-25-13-23-49-47-21-11-17-43(37-63(3,4)5)59(47)67-61(49)55)53-33-29-41-28-32-52-54(34-30-42-27-31-51(53)57(41)58(42)52)66(46-20-10-16-40(2)36-46)56-26-14-24-50-48-22-12-18-44(38-64(6,7)8)60(48)68-62(50)56/h9-36H,37-38H2,1-8H3. The molecule has 0 aliphatic carbocycles. The highest BCUT2D eigenvalue weighted by molar-refractivity contribution is 6.29. The third-order valence-electron chi connectivity index (χ3n) is 13.7. The molecule has 68 heavy (non-hydrogen) atoms. The first kappa shape index (κ1) is 41.8. The van der Waals surface area contributed by atoms with Gasteiger partial charge in [0.05, 0.1) is 22.7 Å². The zero-order valence-electron chi connectivity index (χ0n) is 40.3. The Morgan fingerprint density at radius 3 is 1.12 bits per heavy atom. The topological polar surface area (TPSA) is 32.8 Å². The van der Waals surface area contributed by atoms with Gasteiger partial charge in [-0.05, 0) is 130 Å². The van der Waals surface area contributed by atoms with Gasteiger partial charge in [-0.25, -0.2) is 0 Å². The molecule has 0 amide bonds. The summed E-state index contributed by atoms with van der Waals surface area (Å²) in [6, 6.07) is 62.6. The molecule has 0 aliphatic rings. The summed E-state index contributed by atoms with van der Waals surface area (Å²) in [5.74, 6) is 0. The first-order valence-electron chi connectivity index (χ1n) is 24.1. The summed E-state index contributed by atoms with van der Waals surface area (Å²) in [5, 5.41) is 11.8. The van der Waals surface area contributed by atoms with Crippen LogP contribution in [-0.4, -0.2) is 0 Å². The predicted molar refractivity (Wildman–Crippen MR) is 290 cm³/mol. The maximum atomic E-state index is 7.10. The molecule has 4 nitrogen and oxygen atoms in total.